The molecular formula is C20H20N4O. The Kier molecular flexibility index (Phi) is 4.14. The van der Waals surface area contributed by atoms with Gasteiger partial charge in [-0.15, -0.1) is 0 Å². The first-order chi connectivity index (χ1) is 12.2. The largest absolute Gasteiger partial charge is 0.337 e. The van der Waals surface area contributed by atoms with E-state index in [0.717, 1.165) is 53.7 Å². The Balaban J connectivity index is 1.69. The van der Waals surface area contributed by atoms with Crippen molar-refractivity contribution < 1.29 is 4.79 Å². The van der Waals surface area contributed by atoms with E-state index in [-0.39, 0.29) is 5.91 Å². The van der Waals surface area contributed by atoms with Gasteiger partial charge in [0.1, 0.15) is 11.5 Å². The summed E-state index contributed by atoms with van der Waals surface area (Å²) in [5, 5.41) is 2.03. The Bertz CT molecular complexity index is 915. The molecule has 3 aromatic rings. The molecule has 5 nitrogen and oxygen atoms in total. The van der Waals surface area contributed by atoms with Gasteiger partial charge < -0.3 is 4.90 Å². The lowest BCUT2D eigenvalue weighted by Crippen LogP contribution is -2.36. The third-order valence-corrected chi connectivity index (χ3v) is 4.70. The molecule has 0 spiro atoms. The van der Waals surface area contributed by atoms with Crippen molar-refractivity contribution in [3.05, 3.63) is 54.4 Å². The van der Waals surface area contributed by atoms with Crippen LogP contribution in [0.2, 0.25) is 0 Å². The standard InChI is InChI=1S/C20H20N4O/c1-14-21-12-18(13-22-14)15-5-6-16-11-23-19(10-17(16)9-15)20(25)24-7-3-2-4-8-24/h5-6,9-13H,2-4,7-8H2,1H3. The van der Waals surface area contributed by atoms with Crippen molar-refractivity contribution in [3.8, 4) is 11.1 Å². The third kappa shape index (κ3) is 3.22. The Morgan fingerprint density at radius 1 is 0.880 bits per heavy atom. The molecule has 1 fully saturated rings. The van der Waals surface area contributed by atoms with Crippen LogP contribution in [-0.4, -0.2) is 38.8 Å². The van der Waals surface area contributed by atoms with Gasteiger partial charge in [-0.1, -0.05) is 12.1 Å². The van der Waals surface area contributed by atoms with Crippen LogP contribution in [0.1, 0.15) is 35.6 Å². The second-order valence-corrected chi connectivity index (χ2v) is 6.50. The number of benzene rings is 1. The molecule has 1 aromatic carbocycles. The molecule has 4 rings (SSSR count). The number of hydrogen-bond donors (Lipinski definition) is 0. The van der Waals surface area contributed by atoms with Crippen LogP contribution in [0, 0.1) is 6.92 Å². The lowest BCUT2D eigenvalue weighted by atomic mass is 10.0. The van der Waals surface area contributed by atoms with E-state index in [1.807, 2.05) is 42.4 Å². The summed E-state index contributed by atoms with van der Waals surface area (Å²) in [6.45, 7) is 3.53. The summed E-state index contributed by atoms with van der Waals surface area (Å²) in [5.41, 5.74) is 2.52. The zero-order valence-electron chi connectivity index (χ0n) is 14.3. The summed E-state index contributed by atoms with van der Waals surface area (Å²) in [7, 11) is 0. The Labute approximate surface area is 146 Å². The fourth-order valence-electron chi connectivity index (χ4n) is 3.24. The maximum Gasteiger partial charge on any atom is 0.272 e. The van der Waals surface area contributed by atoms with Crippen LogP contribution >= 0.6 is 0 Å². The maximum atomic E-state index is 12.7. The zero-order valence-corrected chi connectivity index (χ0v) is 14.3. The molecular weight excluding hydrogens is 312 g/mol. The van der Waals surface area contributed by atoms with E-state index in [2.05, 4.69) is 21.0 Å². The van der Waals surface area contributed by atoms with Gasteiger partial charge in [-0.25, -0.2) is 9.97 Å². The molecule has 0 unspecified atom stereocenters. The number of fused-ring (bicyclic) bond motifs is 1. The maximum absolute atomic E-state index is 12.7. The van der Waals surface area contributed by atoms with Gasteiger partial charge in [0.05, 0.1) is 0 Å². The number of pyridine rings is 1. The molecule has 0 aliphatic carbocycles. The van der Waals surface area contributed by atoms with E-state index >= 15 is 0 Å². The van der Waals surface area contributed by atoms with Crippen molar-refractivity contribution >= 4 is 16.7 Å². The molecule has 0 atom stereocenters. The number of piperidine rings is 1. The van der Waals surface area contributed by atoms with Crippen molar-refractivity contribution in [1.82, 2.24) is 19.9 Å². The van der Waals surface area contributed by atoms with Gasteiger partial charge in [0.25, 0.3) is 5.91 Å². The van der Waals surface area contributed by atoms with Crippen LogP contribution in [-0.2, 0) is 0 Å². The first-order valence-electron chi connectivity index (χ1n) is 8.69. The summed E-state index contributed by atoms with van der Waals surface area (Å²) < 4.78 is 0. The van der Waals surface area contributed by atoms with Crippen LogP contribution in [0.5, 0.6) is 0 Å². The monoisotopic (exact) mass is 332 g/mol. The van der Waals surface area contributed by atoms with Crippen LogP contribution in [0.3, 0.4) is 0 Å². The fraction of sp³-hybridized carbons (Fsp3) is 0.300. The molecule has 25 heavy (non-hydrogen) atoms. The topological polar surface area (TPSA) is 59.0 Å². The second kappa shape index (κ2) is 6.59. The minimum absolute atomic E-state index is 0.0330. The van der Waals surface area contributed by atoms with Gasteiger partial charge in [0.2, 0.25) is 0 Å². The number of aryl methyl sites for hydroxylation is 1. The van der Waals surface area contributed by atoms with Crippen molar-refractivity contribution in [2.24, 2.45) is 0 Å². The van der Waals surface area contributed by atoms with Gasteiger partial charge in [0.15, 0.2) is 0 Å². The van der Waals surface area contributed by atoms with E-state index < -0.39 is 0 Å². The number of carbonyl (C=O) groups is 1. The molecule has 126 valence electrons. The molecule has 1 amide bonds. The summed E-state index contributed by atoms with van der Waals surface area (Å²) in [4.78, 5) is 27.5. The number of carbonyl (C=O) groups excluding carboxylic acids is 1. The molecule has 0 saturated carbocycles. The van der Waals surface area contributed by atoms with Crippen molar-refractivity contribution in [2.45, 2.75) is 26.2 Å². The molecule has 3 heterocycles. The van der Waals surface area contributed by atoms with E-state index in [0.29, 0.717) is 5.69 Å². The Morgan fingerprint density at radius 2 is 1.64 bits per heavy atom. The summed E-state index contributed by atoms with van der Waals surface area (Å²) in [5.74, 6) is 0.786. The number of likely N-dealkylation sites (tertiary alicyclic amines) is 1. The van der Waals surface area contributed by atoms with E-state index in [1.54, 1.807) is 6.20 Å². The number of hydrogen-bond acceptors (Lipinski definition) is 4. The summed E-state index contributed by atoms with van der Waals surface area (Å²) in [6, 6.07) is 8.01. The summed E-state index contributed by atoms with van der Waals surface area (Å²) in [6.07, 6.45) is 8.79. The fourth-order valence-corrected chi connectivity index (χ4v) is 3.24. The van der Waals surface area contributed by atoms with Crippen LogP contribution in [0.15, 0.2) is 42.9 Å². The number of nitrogens with zero attached hydrogens (tertiary/aromatic N) is 4. The lowest BCUT2D eigenvalue weighted by Gasteiger charge is -2.26. The van der Waals surface area contributed by atoms with Gasteiger partial charge in [0, 0.05) is 42.6 Å². The Hall–Kier alpha value is -2.82. The highest BCUT2D eigenvalue weighted by Gasteiger charge is 2.19. The number of amides is 1. The highest BCUT2D eigenvalue weighted by molar-refractivity contribution is 5.97. The van der Waals surface area contributed by atoms with Crippen molar-refractivity contribution in [1.29, 1.82) is 0 Å². The quantitative estimate of drug-likeness (QED) is 0.719. The molecule has 1 aliphatic heterocycles. The predicted octanol–water partition coefficient (Wildman–Crippen LogP) is 3.63. The first-order valence-corrected chi connectivity index (χ1v) is 8.69. The third-order valence-electron chi connectivity index (χ3n) is 4.70. The Morgan fingerprint density at radius 3 is 2.40 bits per heavy atom. The van der Waals surface area contributed by atoms with Crippen LogP contribution in [0.25, 0.3) is 21.9 Å². The van der Waals surface area contributed by atoms with Crippen molar-refractivity contribution in [2.75, 3.05) is 13.1 Å². The van der Waals surface area contributed by atoms with Gasteiger partial charge in [-0.3, -0.25) is 9.78 Å². The van der Waals surface area contributed by atoms with E-state index in [4.69, 9.17) is 0 Å². The molecule has 2 aromatic heterocycles. The zero-order chi connectivity index (χ0) is 17.2. The first kappa shape index (κ1) is 15.7. The second-order valence-electron chi connectivity index (χ2n) is 6.50. The molecule has 0 N–H and O–H groups in total. The average Bonchev–Trinajstić information content (AvgIpc) is 2.68. The lowest BCUT2D eigenvalue weighted by molar-refractivity contribution is 0.0718. The summed E-state index contributed by atoms with van der Waals surface area (Å²) >= 11 is 0. The molecule has 0 radical (unpaired) electrons. The van der Waals surface area contributed by atoms with E-state index in [9.17, 15) is 4.79 Å². The van der Waals surface area contributed by atoms with Gasteiger partial charge in [-0.2, -0.15) is 0 Å². The van der Waals surface area contributed by atoms with Gasteiger partial charge in [-0.05, 0) is 49.3 Å². The molecule has 0 bridgehead atoms. The predicted molar refractivity (Wildman–Crippen MR) is 97.3 cm³/mol. The minimum Gasteiger partial charge on any atom is -0.337 e. The molecule has 1 aliphatic rings. The van der Waals surface area contributed by atoms with Crippen LogP contribution < -0.4 is 0 Å². The highest BCUT2D eigenvalue weighted by atomic mass is 16.2. The van der Waals surface area contributed by atoms with Gasteiger partial charge >= 0.3 is 0 Å². The van der Waals surface area contributed by atoms with Crippen molar-refractivity contribution in [3.63, 3.8) is 0 Å². The molecule has 5 heteroatoms. The average molecular weight is 332 g/mol. The van der Waals surface area contributed by atoms with Crippen LogP contribution in [0.4, 0.5) is 0 Å². The highest BCUT2D eigenvalue weighted by Crippen LogP contribution is 2.24. The minimum atomic E-state index is 0.0330. The SMILES string of the molecule is Cc1ncc(-c2ccc3cnc(C(=O)N4CCCCC4)cc3c2)cn1. The molecule has 1 saturated heterocycles. The normalized spacial score (nSPS) is 14.7. The number of aromatic nitrogens is 3. The smallest absolute Gasteiger partial charge is 0.272 e. The van der Waals surface area contributed by atoms with E-state index in [1.165, 1.54) is 6.42 Å². The number of rotatable bonds is 2.